The van der Waals surface area contributed by atoms with Crippen LogP contribution in [0, 0.1) is 5.82 Å². The Bertz CT molecular complexity index is 1840. The highest BCUT2D eigenvalue weighted by Crippen LogP contribution is 2.45. The highest BCUT2D eigenvalue weighted by atomic mass is 35.5. The van der Waals surface area contributed by atoms with Crippen molar-refractivity contribution in [2.24, 2.45) is 0 Å². The van der Waals surface area contributed by atoms with Crippen LogP contribution >= 0.6 is 22.9 Å². The number of benzene rings is 2. The van der Waals surface area contributed by atoms with Crippen LogP contribution in [0.3, 0.4) is 0 Å². The molecule has 2 aromatic carbocycles. The highest BCUT2D eigenvalue weighted by Gasteiger charge is 2.29. The molecule has 7 rings (SSSR count). The monoisotopic (exact) mass is 617 g/mol. The van der Waals surface area contributed by atoms with Crippen molar-refractivity contribution in [2.75, 3.05) is 25.5 Å². The minimum absolute atomic E-state index is 0.104. The van der Waals surface area contributed by atoms with Crippen LogP contribution in [0.5, 0.6) is 5.75 Å². The number of ether oxygens (including phenoxy) is 1. The molecule has 1 fully saturated rings. The number of hydrogen-bond donors (Lipinski definition) is 2. The van der Waals surface area contributed by atoms with Crippen molar-refractivity contribution in [3.63, 3.8) is 0 Å². The van der Waals surface area contributed by atoms with Gasteiger partial charge < -0.3 is 20.3 Å². The summed E-state index contributed by atoms with van der Waals surface area (Å²) in [4.78, 5) is 26.1. The van der Waals surface area contributed by atoms with Gasteiger partial charge in [0.15, 0.2) is 0 Å². The van der Waals surface area contributed by atoms with Crippen molar-refractivity contribution in [2.45, 2.75) is 38.5 Å². The zero-order valence-electron chi connectivity index (χ0n) is 23.4. The lowest BCUT2D eigenvalue weighted by Gasteiger charge is -2.19. The van der Waals surface area contributed by atoms with E-state index in [1.807, 2.05) is 28.9 Å². The second kappa shape index (κ2) is 11.6. The largest absolute Gasteiger partial charge is 0.487 e. The summed E-state index contributed by atoms with van der Waals surface area (Å²) >= 11 is 8.17. The molecule has 3 aromatic heterocycles. The van der Waals surface area contributed by atoms with Crippen LogP contribution in [0.1, 0.15) is 23.2 Å². The van der Waals surface area contributed by atoms with Gasteiger partial charge >= 0.3 is 0 Å². The number of likely N-dealkylation sites (N-methyl/N-ethyl adjacent to an activating group) is 1. The van der Waals surface area contributed by atoms with Crippen LogP contribution in [0.25, 0.3) is 20.7 Å². The van der Waals surface area contributed by atoms with Crippen molar-refractivity contribution in [1.82, 2.24) is 30.0 Å². The molecule has 9 nitrogen and oxygen atoms in total. The summed E-state index contributed by atoms with van der Waals surface area (Å²) in [5.41, 5.74) is 4.80. The van der Waals surface area contributed by atoms with E-state index in [0.29, 0.717) is 22.6 Å². The Morgan fingerprint density at radius 1 is 1.21 bits per heavy atom. The van der Waals surface area contributed by atoms with Gasteiger partial charge in [-0.3, -0.25) is 9.48 Å². The Morgan fingerprint density at radius 2 is 2.12 bits per heavy atom. The summed E-state index contributed by atoms with van der Waals surface area (Å²) in [7, 11) is 1.94. The standard InChI is InChI=1S/C31H29ClFN7O2S/c1-34-21-9-10-39(14-21)27(41)15-40-25-7-6-22-28-30(35-17-36-31(28)43-29(22)23(25)13-37-40)38-20-5-8-26(24(32)12-20)42-16-18-3-2-4-19(33)11-18/h2-5,8,11-13,17,21,34H,6-7,9-10,14-16H2,1H3,(H,35,36,38)/t21-/m0/s1. The first-order chi connectivity index (χ1) is 21.0. The molecule has 0 saturated carbocycles. The first kappa shape index (κ1) is 27.8. The van der Waals surface area contributed by atoms with E-state index in [0.717, 1.165) is 70.0 Å². The Labute approximate surface area is 256 Å². The zero-order valence-corrected chi connectivity index (χ0v) is 25.0. The van der Waals surface area contributed by atoms with Gasteiger partial charge in [0.2, 0.25) is 5.91 Å². The van der Waals surface area contributed by atoms with Crippen LogP contribution < -0.4 is 15.4 Å². The predicted octanol–water partition coefficient (Wildman–Crippen LogP) is 5.59. The van der Waals surface area contributed by atoms with Crippen LogP contribution in [0.15, 0.2) is 55.0 Å². The molecule has 4 heterocycles. The number of fused-ring (bicyclic) bond motifs is 5. The number of thiophene rings is 1. The minimum atomic E-state index is -0.306. The molecule has 0 spiro atoms. The van der Waals surface area contributed by atoms with E-state index in [2.05, 4.69) is 25.7 Å². The molecule has 1 amide bonds. The lowest BCUT2D eigenvalue weighted by molar-refractivity contribution is -0.131. The average molecular weight is 618 g/mol. The molecule has 220 valence electrons. The van der Waals surface area contributed by atoms with Crippen LogP contribution in [0.4, 0.5) is 15.9 Å². The molecule has 0 radical (unpaired) electrons. The van der Waals surface area contributed by atoms with E-state index < -0.39 is 0 Å². The van der Waals surface area contributed by atoms with E-state index in [-0.39, 0.29) is 24.9 Å². The van der Waals surface area contributed by atoms with Crippen molar-refractivity contribution in [3.05, 3.63) is 82.6 Å². The minimum Gasteiger partial charge on any atom is -0.487 e. The molecule has 1 aliphatic carbocycles. The number of amides is 1. The van der Waals surface area contributed by atoms with Crippen molar-refractivity contribution >= 4 is 50.6 Å². The van der Waals surface area contributed by atoms with Crippen LogP contribution in [0.2, 0.25) is 5.02 Å². The molecule has 43 heavy (non-hydrogen) atoms. The fraction of sp³-hybridized carbons (Fsp3) is 0.290. The van der Waals surface area contributed by atoms with Crippen molar-refractivity contribution in [3.8, 4) is 16.2 Å². The smallest absolute Gasteiger partial charge is 0.244 e. The Hall–Kier alpha value is -4.06. The number of nitrogens with zero attached hydrogens (tertiary/aromatic N) is 5. The third-order valence-corrected chi connectivity index (χ3v) is 9.57. The van der Waals surface area contributed by atoms with E-state index in [1.165, 1.54) is 17.7 Å². The fourth-order valence-corrected chi connectivity index (χ4v) is 7.31. The SMILES string of the molecule is CN[C@H]1CCN(C(=O)Cn2ncc3c2CCc2c-3sc3ncnc(Nc4ccc(OCc5cccc(F)c5)c(Cl)c4)c23)C1. The number of carbonyl (C=O) groups excluding carboxylic acids is 1. The normalized spacial score (nSPS) is 15.9. The first-order valence-corrected chi connectivity index (χ1v) is 15.4. The quantitative estimate of drug-likeness (QED) is 0.234. The van der Waals surface area contributed by atoms with E-state index in [1.54, 1.807) is 41.9 Å². The summed E-state index contributed by atoms with van der Waals surface area (Å²) in [5, 5.41) is 12.7. The number of nitrogens with one attached hydrogen (secondary N) is 2. The lowest BCUT2D eigenvalue weighted by atomic mass is 9.95. The summed E-state index contributed by atoms with van der Waals surface area (Å²) in [6.45, 7) is 1.98. The number of aryl methyl sites for hydroxylation is 1. The maximum absolute atomic E-state index is 13.5. The summed E-state index contributed by atoms with van der Waals surface area (Å²) in [5.74, 6) is 1.00. The topological polar surface area (TPSA) is 97.2 Å². The van der Waals surface area contributed by atoms with Crippen LogP contribution in [-0.2, 0) is 30.8 Å². The van der Waals surface area contributed by atoms with Gasteiger partial charge in [0.05, 0.1) is 16.6 Å². The fourth-order valence-electron chi connectivity index (χ4n) is 5.86. The Balaban J connectivity index is 1.10. The van der Waals surface area contributed by atoms with E-state index >= 15 is 0 Å². The maximum Gasteiger partial charge on any atom is 0.244 e. The van der Waals surface area contributed by atoms with Gasteiger partial charge in [-0.05, 0) is 67.8 Å². The number of aromatic nitrogens is 4. The molecule has 1 atom stereocenters. The third-order valence-electron chi connectivity index (χ3n) is 8.10. The van der Waals surface area contributed by atoms with Crippen molar-refractivity contribution in [1.29, 1.82) is 0 Å². The summed E-state index contributed by atoms with van der Waals surface area (Å²) in [6.07, 6.45) is 5.98. The number of hydrogen-bond acceptors (Lipinski definition) is 8. The van der Waals surface area contributed by atoms with Gasteiger partial charge in [-0.1, -0.05) is 23.7 Å². The molecule has 1 aliphatic heterocycles. The molecule has 5 aromatic rings. The van der Waals surface area contributed by atoms with Gasteiger partial charge in [0, 0.05) is 41.0 Å². The van der Waals surface area contributed by atoms with Gasteiger partial charge in [0.25, 0.3) is 0 Å². The van der Waals surface area contributed by atoms with E-state index in [9.17, 15) is 9.18 Å². The maximum atomic E-state index is 13.5. The number of halogens is 2. The lowest BCUT2D eigenvalue weighted by Crippen LogP contribution is -2.35. The number of likely N-dealkylation sites (tertiary alicyclic amines) is 1. The molecular weight excluding hydrogens is 589 g/mol. The van der Waals surface area contributed by atoms with Gasteiger partial charge in [-0.25, -0.2) is 14.4 Å². The predicted molar refractivity (Wildman–Crippen MR) is 166 cm³/mol. The molecular formula is C31H29ClFN7O2S. The third kappa shape index (κ3) is 5.44. The highest BCUT2D eigenvalue weighted by molar-refractivity contribution is 7.22. The van der Waals surface area contributed by atoms with Gasteiger partial charge in [-0.2, -0.15) is 5.10 Å². The molecule has 1 saturated heterocycles. The van der Waals surface area contributed by atoms with E-state index in [4.69, 9.17) is 16.3 Å². The number of carbonyl (C=O) groups is 1. The molecule has 2 aliphatic rings. The molecule has 0 unspecified atom stereocenters. The number of rotatable bonds is 8. The van der Waals surface area contributed by atoms with Crippen LogP contribution in [-0.4, -0.2) is 56.7 Å². The van der Waals surface area contributed by atoms with Gasteiger partial charge in [-0.15, -0.1) is 11.3 Å². The summed E-state index contributed by atoms with van der Waals surface area (Å²) in [6, 6.07) is 12.1. The molecule has 0 bridgehead atoms. The van der Waals surface area contributed by atoms with Gasteiger partial charge in [0.1, 0.15) is 41.7 Å². The van der Waals surface area contributed by atoms with Crippen molar-refractivity contribution < 1.29 is 13.9 Å². The first-order valence-electron chi connectivity index (χ1n) is 14.2. The second-order valence-electron chi connectivity index (χ2n) is 10.8. The zero-order chi connectivity index (χ0) is 29.5. The summed E-state index contributed by atoms with van der Waals surface area (Å²) < 4.78 is 21.2. The molecule has 12 heteroatoms. The Morgan fingerprint density at radius 3 is 2.93 bits per heavy atom. The average Bonchev–Trinajstić information content (AvgIpc) is 3.74. The Kier molecular flexibility index (Phi) is 7.46. The molecule has 2 N–H and O–H groups in total. The second-order valence-corrected chi connectivity index (χ2v) is 12.2. The number of anilines is 2.